The van der Waals surface area contributed by atoms with E-state index in [9.17, 15) is 9.59 Å². The summed E-state index contributed by atoms with van der Waals surface area (Å²) >= 11 is 0. The Morgan fingerprint density at radius 3 is 2.06 bits per heavy atom. The van der Waals surface area contributed by atoms with Crippen molar-refractivity contribution >= 4 is 11.9 Å². The maximum atomic E-state index is 11.9. The van der Waals surface area contributed by atoms with Gasteiger partial charge in [-0.25, -0.2) is 0 Å². The van der Waals surface area contributed by atoms with Crippen LogP contribution in [0.1, 0.15) is 47.5 Å². The number of hydrogen-bond donors (Lipinski definition) is 1. The van der Waals surface area contributed by atoms with Crippen molar-refractivity contribution < 1.29 is 14.7 Å². The number of carboxylic acid groups (broad SMARTS) is 1. The molecular weight excluding hydrogens is 206 g/mol. The molecule has 0 aromatic rings. The molecule has 16 heavy (non-hydrogen) atoms. The number of aliphatic carboxylic acids is 1. The van der Waals surface area contributed by atoms with Crippen LogP contribution in [0.15, 0.2) is 0 Å². The van der Waals surface area contributed by atoms with E-state index < -0.39 is 11.5 Å². The summed E-state index contributed by atoms with van der Waals surface area (Å²) in [7, 11) is 0. The van der Waals surface area contributed by atoms with E-state index in [0.717, 1.165) is 6.42 Å². The van der Waals surface area contributed by atoms with Crippen LogP contribution in [-0.2, 0) is 9.59 Å². The zero-order valence-electron chi connectivity index (χ0n) is 10.9. The summed E-state index contributed by atoms with van der Waals surface area (Å²) in [4.78, 5) is 24.0. The molecule has 0 fully saturated rings. The molecule has 4 heteroatoms. The molecule has 0 atom stereocenters. The van der Waals surface area contributed by atoms with Gasteiger partial charge >= 0.3 is 5.97 Å². The van der Waals surface area contributed by atoms with Crippen LogP contribution >= 0.6 is 0 Å². The molecule has 0 aliphatic heterocycles. The third-order valence-corrected chi connectivity index (χ3v) is 2.34. The Morgan fingerprint density at radius 1 is 1.25 bits per heavy atom. The number of nitrogens with zero attached hydrogens (tertiary/aromatic N) is 1. The summed E-state index contributed by atoms with van der Waals surface area (Å²) < 4.78 is 0. The molecule has 0 rings (SSSR count). The Hall–Kier alpha value is -1.06. The van der Waals surface area contributed by atoms with E-state index in [4.69, 9.17) is 5.11 Å². The van der Waals surface area contributed by atoms with Crippen LogP contribution in [0.5, 0.6) is 0 Å². The van der Waals surface area contributed by atoms with Gasteiger partial charge in [0.15, 0.2) is 0 Å². The smallest absolute Gasteiger partial charge is 0.323 e. The predicted molar refractivity (Wildman–Crippen MR) is 63.2 cm³/mol. The van der Waals surface area contributed by atoms with Crippen LogP contribution in [0.25, 0.3) is 0 Å². The number of carbonyl (C=O) groups is 2. The van der Waals surface area contributed by atoms with Crippen LogP contribution < -0.4 is 0 Å². The number of amides is 1. The van der Waals surface area contributed by atoms with Crippen LogP contribution in [0.2, 0.25) is 0 Å². The normalized spacial score (nSPS) is 11.6. The van der Waals surface area contributed by atoms with Crippen LogP contribution in [-0.4, -0.2) is 34.0 Å². The zero-order valence-corrected chi connectivity index (χ0v) is 10.9. The van der Waals surface area contributed by atoms with Gasteiger partial charge in [-0.1, -0.05) is 13.8 Å². The molecule has 0 spiro atoms. The Bertz CT molecular complexity index is 253. The topological polar surface area (TPSA) is 57.6 Å². The molecule has 0 aliphatic rings. The van der Waals surface area contributed by atoms with Gasteiger partial charge in [0.2, 0.25) is 5.91 Å². The van der Waals surface area contributed by atoms with Crippen molar-refractivity contribution in [2.75, 3.05) is 6.54 Å². The van der Waals surface area contributed by atoms with Crippen molar-refractivity contribution in [3.05, 3.63) is 0 Å². The second-order valence-corrected chi connectivity index (χ2v) is 5.48. The van der Waals surface area contributed by atoms with Crippen molar-refractivity contribution in [1.82, 2.24) is 4.90 Å². The monoisotopic (exact) mass is 229 g/mol. The minimum absolute atomic E-state index is 0.0800. The molecule has 1 amide bonds. The number of carboxylic acids is 1. The number of rotatable bonds is 5. The van der Waals surface area contributed by atoms with Gasteiger partial charge in [-0.3, -0.25) is 9.59 Å². The molecule has 0 aromatic carbocycles. The lowest BCUT2D eigenvalue weighted by atomic mass is 10.0. The highest BCUT2D eigenvalue weighted by atomic mass is 16.4. The molecule has 94 valence electrons. The molecule has 0 heterocycles. The average molecular weight is 229 g/mol. The van der Waals surface area contributed by atoms with E-state index >= 15 is 0 Å². The zero-order chi connectivity index (χ0) is 12.9. The van der Waals surface area contributed by atoms with Crippen LogP contribution in [0.3, 0.4) is 0 Å². The molecular formula is C12H23NO3. The van der Waals surface area contributed by atoms with Gasteiger partial charge in [-0.2, -0.15) is 0 Å². The predicted octanol–water partition coefficient (Wildman–Crippen LogP) is 2.13. The molecule has 0 aliphatic carbocycles. The van der Waals surface area contributed by atoms with Gasteiger partial charge in [0.05, 0.1) is 0 Å². The minimum Gasteiger partial charge on any atom is -0.480 e. The largest absolute Gasteiger partial charge is 0.480 e. The summed E-state index contributed by atoms with van der Waals surface area (Å²) in [5.41, 5.74) is -0.438. The number of hydrogen-bond acceptors (Lipinski definition) is 2. The summed E-state index contributed by atoms with van der Waals surface area (Å²) in [5, 5.41) is 8.78. The van der Waals surface area contributed by atoms with Crippen LogP contribution in [0.4, 0.5) is 0 Å². The van der Waals surface area contributed by atoms with Crippen molar-refractivity contribution in [3.63, 3.8) is 0 Å². The molecule has 1 N–H and O–H groups in total. The molecule has 0 bridgehead atoms. The highest BCUT2D eigenvalue weighted by Crippen LogP contribution is 2.16. The van der Waals surface area contributed by atoms with Crippen molar-refractivity contribution in [3.8, 4) is 0 Å². The first-order chi connectivity index (χ1) is 7.14. The second-order valence-electron chi connectivity index (χ2n) is 5.48. The quantitative estimate of drug-likeness (QED) is 0.785. The molecule has 4 nitrogen and oxygen atoms in total. The SMILES string of the molecule is CC(C)CCC(=O)N(CC(=O)O)C(C)(C)C. The van der Waals surface area contributed by atoms with Gasteiger partial charge in [-0.05, 0) is 33.1 Å². The Labute approximate surface area is 97.6 Å². The summed E-state index contributed by atoms with van der Waals surface area (Å²) in [6.07, 6.45) is 1.22. The second kappa shape index (κ2) is 5.87. The first-order valence-corrected chi connectivity index (χ1v) is 5.67. The lowest BCUT2D eigenvalue weighted by Crippen LogP contribution is -2.48. The average Bonchev–Trinajstić information content (AvgIpc) is 2.08. The fourth-order valence-electron chi connectivity index (χ4n) is 1.38. The minimum atomic E-state index is -0.965. The first-order valence-electron chi connectivity index (χ1n) is 5.67. The fraction of sp³-hybridized carbons (Fsp3) is 0.833. The molecule has 0 saturated heterocycles. The van der Waals surface area contributed by atoms with Crippen LogP contribution in [0, 0.1) is 5.92 Å². The summed E-state index contributed by atoms with van der Waals surface area (Å²) in [5.74, 6) is -0.591. The Balaban J connectivity index is 4.51. The lowest BCUT2D eigenvalue weighted by Gasteiger charge is -2.34. The third-order valence-electron chi connectivity index (χ3n) is 2.34. The van der Waals surface area contributed by atoms with Crippen molar-refractivity contribution in [2.24, 2.45) is 5.92 Å². The Kier molecular flexibility index (Phi) is 5.48. The summed E-state index contributed by atoms with van der Waals surface area (Å²) in [6, 6.07) is 0. The molecule has 0 aromatic heterocycles. The molecule has 0 saturated carbocycles. The molecule has 0 radical (unpaired) electrons. The summed E-state index contributed by atoms with van der Waals surface area (Å²) in [6.45, 7) is 9.42. The maximum absolute atomic E-state index is 11.9. The van der Waals surface area contributed by atoms with Crippen molar-refractivity contribution in [1.29, 1.82) is 0 Å². The van der Waals surface area contributed by atoms with E-state index in [0.29, 0.717) is 12.3 Å². The van der Waals surface area contributed by atoms with E-state index in [-0.39, 0.29) is 12.5 Å². The van der Waals surface area contributed by atoms with E-state index in [2.05, 4.69) is 0 Å². The highest BCUT2D eigenvalue weighted by molar-refractivity contribution is 5.82. The van der Waals surface area contributed by atoms with Gasteiger partial charge in [-0.15, -0.1) is 0 Å². The fourth-order valence-corrected chi connectivity index (χ4v) is 1.38. The van der Waals surface area contributed by atoms with Crippen molar-refractivity contribution in [2.45, 2.75) is 53.0 Å². The Morgan fingerprint density at radius 2 is 1.75 bits per heavy atom. The standard InChI is InChI=1S/C12H23NO3/c1-9(2)6-7-10(14)13(8-11(15)16)12(3,4)5/h9H,6-8H2,1-5H3,(H,15,16). The van der Waals surface area contributed by atoms with Gasteiger partial charge < -0.3 is 10.0 Å². The van der Waals surface area contributed by atoms with E-state index in [1.807, 2.05) is 34.6 Å². The first kappa shape index (κ1) is 14.9. The van der Waals surface area contributed by atoms with Gasteiger partial charge in [0.25, 0.3) is 0 Å². The van der Waals surface area contributed by atoms with E-state index in [1.165, 1.54) is 4.90 Å². The lowest BCUT2D eigenvalue weighted by molar-refractivity contribution is -0.148. The maximum Gasteiger partial charge on any atom is 0.323 e. The molecule has 0 unspecified atom stereocenters. The number of carbonyl (C=O) groups excluding carboxylic acids is 1. The van der Waals surface area contributed by atoms with Gasteiger partial charge in [0, 0.05) is 12.0 Å². The highest BCUT2D eigenvalue weighted by Gasteiger charge is 2.27. The third kappa shape index (κ3) is 5.73. The van der Waals surface area contributed by atoms with Gasteiger partial charge in [0.1, 0.15) is 6.54 Å². The van der Waals surface area contributed by atoms with E-state index in [1.54, 1.807) is 0 Å².